The molecule has 1 amide bonds. The van der Waals surface area contributed by atoms with Gasteiger partial charge in [0.25, 0.3) is 0 Å². The van der Waals surface area contributed by atoms with E-state index in [0.29, 0.717) is 24.6 Å². The second-order valence-electron chi connectivity index (χ2n) is 7.09. The number of carbonyl (C=O) groups is 2. The fourth-order valence-electron chi connectivity index (χ4n) is 2.52. The minimum atomic E-state index is -0.503. The molecule has 1 saturated heterocycles. The summed E-state index contributed by atoms with van der Waals surface area (Å²) in [4.78, 5) is 33.5. The first-order chi connectivity index (χ1) is 12.3. The molecular formula is C18H26N4O4. The van der Waals surface area contributed by atoms with Gasteiger partial charge in [0.05, 0.1) is 25.2 Å². The maximum absolute atomic E-state index is 12.2. The molecule has 2 rings (SSSR count). The molecule has 0 radical (unpaired) electrons. The third-order valence-electron chi connectivity index (χ3n) is 3.69. The van der Waals surface area contributed by atoms with Gasteiger partial charge in [0, 0.05) is 25.2 Å². The van der Waals surface area contributed by atoms with Crippen molar-refractivity contribution in [2.45, 2.75) is 45.3 Å². The van der Waals surface area contributed by atoms with Gasteiger partial charge in [-0.05, 0) is 39.7 Å². The molecule has 0 saturated carbocycles. The second-order valence-corrected chi connectivity index (χ2v) is 7.09. The summed E-state index contributed by atoms with van der Waals surface area (Å²) in [6, 6.07) is 0.0852. The van der Waals surface area contributed by atoms with Gasteiger partial charge in [-0.1, -0.05) is 0 Å². The molecule has 0 spiro atoms. The lowest BCUT2D eigenvalue weighted by Crippen LogP contribution is -2.47. The fourth-order valence-corrected chi connectivity index (χ4v) is 2.52. The molecule has 1 atom stereocenters. The smallest absolute Gasteiger partial charge is 0.410 e. The van der Waals surface area contributed by atoms with E-state index >= 15 is 0 Å². The van der Waals surface area contributed by atoms with Crippen molar-refractivity contribution in [1.82, 2.24) is 14.9 Å². The quantitative estimate of drug-likeness (QED) is 0.649. The Morgan fingerprint density at radius 1 is 1.31 bits per heavy atom. The van der Waals surface area contributed by atoms with Gasteiger partial charge in [0.15, 0.2) is 0 Å². The Bertz CT molecular complexity index is 652. The number of hydrogen-bond acceptors (Lipinski definition) is 7. The highest BCUT2D eigenvalue weighted by Gasteiger charge is 2.27. The van der Waals surface area contributed by atoms with Crippen molar-refractivity contribution in [3.8, 4) is 0 Å². The van der Waals surface area contributed by atoms with Crippen LogP contribution in [0.3, 0.4) is 0 Å². The van der Waals surface area contributed by atoms with E-state index in [0.717, 1.165) is 12.8 Å². The predicted molar refractivity (Wildman–Crippen MR) is 97.5 cm³/mol. The fraction of sp³-hybridized carbons (Fsp3) is 0.556. The highest BCUT2D eigenvalue weighted by molar-refractivity contribution is 5.86. The number of methoxy groups -OCH3 is 1. The number of nitrogens with one attached hydrogen (secondary N) is 1. The van der Waals surface area contributed by atoms with Crippen LogP contribution in [0.2, 0.25) is 0 Å². The minimum absolute atomic E-state index is 0.0852. The monoisotopic (exact) mass is 362 g/mol. The van der Waals surface area contributed by atoms with Crippen molar-refractivity contribution in [3.05, 3.63) is 24.2 Å². The highest BCUT2D eigenvalue weighted by atomic mass is 16.6. The largest absolute Gasteiger partial charge is 0.466 e. The molecule has 0 bridgehead atoms. The zero-order valence-electron chi connectivity index (χ0n) is 15.7. The number of hydrogen-bond donors (Lipinski definition) is 1. The second kappa shape index (κ2) is 8.64. The maximum Gasteiger partial charge on any atom is 0.410 e. The average Bonchev–Trinajstić information content (AvgIpc) is 2.59. The Kier molecular flexibility index (Phi) is 6.54. The molecule has 1 aromatic heterocycles. The number of esters is 1. The highest BCUT2D eigenvalue weighted by Crippen LogP contribution is 2.17. The lowest BCUT2D eigenvalue weighted by molar-refractivity contribution is -0.134. The maximum atomic E-state index is 12.2. The Labute approximate surface area is 153 Å². The van der Waals surface area contributed by atoms with Crippen LogP contribution in [0, 0.1) is 0 Å². The number of ether oxygens (including phenoxy) is 2. The molecule has 1 fully saturated rings. The zero-order valence-corrected chi connectivity index (χ0v) is 15.7. The molecule has 26 heavy (non-hydrogen) atoms. The van der Waals surface area contributed by atoms with Gasteiger partial charge in [-0.3, -0.25) is 4.98 Å². The van der Waals surface area contributed by atoms with Gasteiger partial charge in [0.2, 0.25) is 0 Å². The van der Waals surface area contributed by atoms with Crippen molar-refractivity contribution in [3.63, 3.8) is 0 Å². The standard InChI is InChI=1S/C18H26N4O4/c1-18(2,3)26-17(24)22-9-5-6-14(12-22)21-15-11-19-13(10-20-15)7-8-16(23)25-4/h7-8,10-11,14H,5-6,9,12H2,1-4H3,(H,20,21)/b8-7+/t14-/m1/s1. The Morgan fingerprint density at radius 3 is 2.69 bits per heavy atom. The van der Waals surface area contributed by atoms with Crippen LogP contribution >= 0.6 is 0 Å². The van der Waals surface area contributed by atoms with E-state index in [-0.39, 0.29) is 12.1 Å². The van der Waals surface area contributed by atoms with Crippen molar-refractivity contribution in [1.29, 1.82) is 0 Å². The van der Waals surface area contributed by atoms with Gasteiger partial charge in [-0.2, -0.15) is 0 Å². The van der Waals surface area contributed by atoms with Crippen LogP contribution in [0.25, 0.3) is 6.08 Å². The molecule has 1 N–H and O–H groups in total. The summed E-state index contributed by atoms with van der Waals surface area (Å²) in [5, 5.41) is 3.29. The van der Waals surface area contributed by atoms with E-state index < -0.39 is 11.6 Å². The number of anilines is 1. The van der Waals surface area contributed by atoms with Crippen LogP contribution in [-0.2, 0) is 14.3 Å². The van der Waals surface area contributed by atoms with Crippen LogP contribution < -0.4 is 5.32 Å². The van der Waals surface area contributed by atoms with E-state index in [2.05, 4.69) is 20.0 Å². The third kappa shape index (κ3) is 6.34. The van der Waals surface area contributed by atoms with Crippen molar-refractivity contribution < 1.29 is 19.1 Å². The molecule has 2 heterocycles. The third-order valence-corrected chi connectivity index (χ3v) is 3.69. The van der Waals surface area contributed by atoms with Crippen molar-refractivity contribution in [2.75, 3.05) is 25.5 Å². The summed E-state index contributed by atoms with van der Waals surface area (Å²) in [7, 11) is 1.32. The molecular weight excluding hydrogens is 336 g/mol. The molecule has 1 aliphatic heterocycles. The van der Waals surface area contributed by atoms with E-state index in [1.807, 2.05) is 20.8 Å². The number of likely N-dealkylation sites (tertiary alicyclic amines) is 1. The Morgan fingerprint density at radius 2 is 2.08 bits per heavy atom. The number of rotatable bonds is 4. The first-order valence-corrected chi connectivity index (χ1v) is 8.59. The van der Waals surface area contributed by atoms with Gasteiger partial charge in [-0.15, -0.1) is 0 Å². The zero-order chi connectivity index (χ0) is 19.2. The van der Waals surface area contributed by atoms with E-state index in [1.165, 1.54) is 19.3 Å². The number of amides is 1. The molecule has 8 nitrogen and oxygen atoms in total. The average molecular weight is 362 g/mol. The molecule has 0 aliphatic carbocycles. The number of nitrogens with zero attached hydrogens (tertiary/aromatic N) is 3. The van der Waals surface area contributed by atoms with Crippen LogP contribution in [0.5, 0.6) is 0 Å². The van der Waals surface area contributed by atoms with Crippen LogP contribution in [0.15, 0.2) is 18.5 Å². The Hall–Kier alpha value is -2.64. The first-order valence-electron chi connectivity index (χ1n) is 8.59. The SMILES string of the molecule is COC(=O)/C=C/c1cnc(N[C@@H]2CCCN(C(=O)OC(C)(C)C)C2)cn1. The summed E-state index contributed by atoms with van der Waals surface area (Å²) in [6.45, 7) is 6.82. The number of piperidine rings is 1. The molecule has 1 aliphatic rings. The van der Waals surface area contributed by atoms with E-state index in [1.54, 1.807) is 17.3 Å². The van der Waals surface area contributed by atoms with Gasteiger partial charge >= 0.3 is 12.1 Å². The van der Waals surface area contributed by atoms with Gasteiger partial charge in [0.1, 0.15) is 11.4 Å². The van der Waals surface area contributed by atoms with E-state index in [9.17, 15) is 9.59 Å². The summed E-state index contributed by atoms with van der Waals surface area (Å²) < 4.78 is 9.96. The minimum Gasteiger partial charge on any atom is -0.466 e. The number of carbonyl (C=O) groups excluding carboxylic acids is 2. The number of aromatic nitrogens is 2. The molecule has 0 aromatic carbocycles. The normalized spacial score (nSPS) is 17.8. The molecule has 0 unspecified atom stereocenters. The van der Waals surface area contributed by atoms with Crippen LogP contribution in [0.4, 0.5) is 10.6 Å². The molecule has 1 aromatic rings. The van der Waals surface area contributed by atoms with E-state index in [4.69, 9.17) is 4.74 Å². The lowest BCUT2D eigenvalue weighted by Gasteiger charge is -2.34. The summed E-state index contributed by atoms with van der Waals surface area (Å²) in [6.07, 6.45) is 7.53. The van der Waals surface area contributed by atoms with Crippen molar-refractivity contribution >= 4 is 24.0 Å². The summed E-state index contributed by atoms with van der Waals surface area (Å²) >= 11 is 0. The van der Waals surface area contributed by atoms with Crippen molar-refractivity contribution in [2.24, 2.45) is 0 Å². The topological polar surface area (TPSA) is 93.7 Å². The lowest BCUT2D eigenvalue weighted by atomic mass is 10.1. The van der Waals surface area contributed by atoms with Crippen LogP contribution in [0.1, 0.15) is 39.3 Å². The van der Waals surface area contributed by atoms with Gasteiger partial charge in [-0.25, -0.2) is 14.6 Å². The summed E-state index contributed by atoms with van der Waals surface area (Å²) in [5.74, 6) is 0.176. The summed E-state index contributed by atoms with van der Waals surface area (Å²) in [5.41, 5.74) is 0.0520. The Balaban J connectivity index is 1.90. The first kappa shape index (κ1) is 19.7. The van der Waals surface area contributed by atoms with Gasteiger partial charge < -0.3 is 19.7 Å². The molecule has 142 valence electrons. The van der Waals surface area contributed by atoms with Crippen LogP contribution in [-0.4, -0.2) is 58.8 Å². The molecule has 8 heteroatoms. The predicted octanol–water partition coefficient (Wildman–Crippen LogP) is 2.47.